The summed E-state index contributed by atoms with van der Waals surface area (Å²) in [5, 5.41) is 0. The molecule has 1 atom stereocenters. The van der Waals surface area contributed by atoms with E-state index in [0.29, 0.717) is 33.4 Å². The smallest absolute Gasteiger partial charge is 0.262 e. The van der Waals surface area contributed by atoms with Crippen LogP contribution >= 0.6 is 0 Å². The average Bonchev–Trinajstić information content (AvgIpc) is 3.44. The van der Waals surface area contributed by atoms with E-state index in [4.69, 9.17) is 0 Å². The van der Waals surface area contributed by atoms with Gasteiger partial charge in [0.05, 0.1) is 29.3 Å². The molecule has 0 fully saturated rings. The quantitative estimate of drug-likeness (QED) is 0.313. The van der Waals surface area contributed by atoms with Gasteiger partial charge in [0.25, 0.3) is 23.6 Å². The van der Waals surface area contributed by atoms with Crippen LogP contribution in [0.1, 0.15) is 28.3 Å². The molecule has 0 aromatic heterocycles. The first kappa shape index (κ1) is 24.9. The number of amides is 4. The molecule has 2 aliphatic rings. The molecule has 0 saturated heterocycles. The van der Waals surface area contributed by atoms with E-state index >= 15 is 0 Å². The second-order valence-corrected chi connectivity index (χ2v) is 9.57. The lowest BCUT2D eigenvalue weighted by Gasteiger charge is -2.30. The lowest BCUT2D eigenvalue weighted by molar-refractivity contribution is -0.144. The van der Waals surface area contributed by atoms with Crippen molar-refractivity contribution in [2.24, 2.45) is 0 Å². The van der Waals surface area contributed by atoms with Gasteiger partial charge in [-0.2, -0.15) is 0 Å². The van der Waals surface area contributed by atoms with E-state index in [1.807, 2.05) is 48.5 Å². The molecule has 2 heterocycles. The standard InChI is InChI=1S/C34H24N2O4/c37-29-21-27(23-13-5-1-6-14-23)32(38)35(29)22-28(24-15-7-2-8-16-24)36-33(39)30(25-17-9-3-10-18-25)31(34(36)40)26-19-11-4-12-20-26/h1-21,28H,22H2. The first-order valence-electron chi connectivity index (χ1n) is 13.0. The third-order valence-corrected chi connectivity index (χ3v) is 7.19. The third-order valence-electron chi connectivity index (χ3n) is 7.19. The lowest BCUT2D eigenvalue weighted by atomic mass is 9.96. The summed E-state index contributed by atoms with van der Waals surface area (Å²) in [7, 11) is 0. The summed E-state index contributed by atoms with van der Waals surface area (Å²) >= 11 is 0. The van der Waals surface area contributed by atoms with Crippen LogP contribution in [0.15, 0.2) is 127 Å². The van der Waals surface area contributed by atoms with Crippen molar-refractivity contribution in [2.45, 2.75) is 6.04 Å². The lowest BCUT2D eigenvalue weighted by Crippen LogP contribution is -2.44. The highest BCUT2D eigenvalue weighted by molar-refractivity contribution is 6.49. The number of hydrogen-bond acceptors (Lipinski definition) is 4. The molecular formula is C34H24N2O4. The van der Waals surface area contributed by atoms with Crippen molar-refractivity contribution in [1.29, 1.82) is 0 Å². The number of carbonyl (C=O) groups is 4. The molecule has 4 aromatic carbocycles. The van der Waals surface area contributed by atoms with Gasteiger partial charge in [-0.1, -0.05) is 121 Å². The molecule has 0 N–H and O–H groups in total. The molecule has 6 rings (SSSR count). The third kappa shape index (κ3) is 4.35. The summed E-state index contributed by atoms with van der Waals surface area (Å²) in [5.74, 6) is -1.89. The Kier molecular flexibility index (Phi) is 6.50. The molecule has 0 aliphatic carbocycles. The van der Waals surface area contributed by atoms with Gasteiger partial charge in [0, 0.05) is 6.08 Å². The minimum Gasteiger partial charge on any atom is -0.272 e. The summed E-state index contributed by atoms with van der Waals surface area (Å²) < 4.78 is 0. The van der Waals surface area contributed by atoms with Crippen LogP contribution in [-0.2, 0) is 19.2 Å². The summed E-state index contributed by atoms with van der Waals surface area (Å²) in [6, 6.07) is 35.3. The zero-order chi connectivity index (χ0) is 27.6. The minimum absolute atomic E-state index is 0.171. The molecule has 194 valence electrons. The van der Waals surface area contributed by atoms with Crippen molar-refractivity contribution in [2.75, 3.05) is 6.54 Å². The molecule has 0 spiro atoms. The first-order valence-corrected chi connectivity index (χ1v) is 13.0. The van der Waals surface area contributed by atoms with Crippen LogP contribution in [-0.4, -0.2) is 40.0 Å². The molecule has 0 bridgehead atoms. The molecular weight excluding hydrogens is 500 g/mol. The van der Waals surface area contributed by atoms with Gasteiger partial charge >= 0.3 is 0 Å². The molecule has 6 heteroatoms. The van der Waals surface area contributed by atoms with Crippen molar-refractivity contribution in [3.8, 4) is 0 Å². The molecule has 4 aromatic rings. The van der Waals surface area contributed by atoms with E-state index in [1.54, 1.807) is 72.8 Å². The number of benzene rings is 4. The Labute approximate surface area is 231 Å². The normalized spacial score (nSPS) is 16.1. The largest absolute Gasteiger partial charge is 0.272 e. The van der Waals surface area contributed by atoms with Crippen LogP contribution in [0.4, 0.5) is 0 Å². The second kappa shape index (κ2) is 10.4. The summed E-state index contributed by atoms with van der Waals surface area (Å²) in [4.78, 5) is 57.3. The Morgan fingerprint density at radius 3 is 1.40 bits per heavy atom. The van der Waals surface area contributed by atoms with Gasteiger partial charge in [0.15, 0.2) is 0 Å². The van der Waals surface area contributed by atoms with E-state index in [-0.39, 0.29) is 12.1 Å². The second-order valence-electron chi connectivity index (χ2n) is 9.57. The zero-order valence-corrected chi connectivity index (χ0v) is 21.4. The topological polar surface area (TPSA) is 74.8 Å². The van der Waals surface area contributed by atoms with E-state index in [1.165, 1.54) is 11.0 Å². The van der Waals surface area contributed by atoms with Crippen molar-refractivity contribution in [3.05, 3.63) is 150 Å². The molecule has 0 saturated carbocycles. The highest BCUT2D eigenvalue weighted by Crippen LogP contribution is 2.40. The van der Waals surface area contributed by atoms with Crippen LogP contribution < -0.4 is 0 Å². The van der Waals surface area contributed by atoms with E-state index in [2.05, 4.69) is 0 Å². The molecule has 2 aliphatic heterocycles. The van der Waals surface area contributed by atoms with Gasteiger partial charge in [0.1, 0.15) is 0 Å². The number of nitrogens with zero attached hydrogens (tertiary/aromatic N) is 2. The highest BCUT2D eigenvalue weighted by Gasteiger charge is 2.45. The Morgan fingerprint density at radius 1 is 0.500 bits per heavy atom. The molecule has 40 heavy (non-hydrogen) atoms. The fourth-order valence-corrected chi connectivity index (χ4v) is 5.27. The Balaban J connectivity index is 1.42. The number of carbonyl (C=O) groups excluding carboxylic acids is 4. The maximum atomic E-state index is 14.2. The Bertz CT molecular complexity index is 1620. The Hall–Kier alpha value is -5.36. The van der Waals surface area contributed by atoms with Gasteiger partial charge < -0.3 is 0 Å². The van der Waals surface area contributed by atoms with Crippen molar-refractivity contribution in [3.63, 3.8) is 0 Å². The van der Waals surface area contributed by atoms with Gasteiger partial charge in [-0.05, 0) is 22.3 Å². The summed E-state index contributed by atoms with van der Waals surface area (Å²) in [6.07, 6.45) is 1.32. The molecule has 4 amide bonds. The number of hydrogen-bond donors (Lipinski definition) is 0. The van der Waals surface area contributed by atoms with Crippen LogP contribution in [0.5, 0.6) is 0 Å². The fraction of sp³-hybridized carbons (Fsp3) is 0.0588. The SMILES string of the molecule is O=C1C=C(c2ccccc2)C(=O)N1CC(c1ccccc1)N1C(=O)C(c2ccccc2)=C(c2ccccc2)C1=O. The fourth-order valence-electron chi connectivity index (χ4n) is 5.27. The van der Waals surface area contributed by atoms with E-state index in [0.717, 1.165) is 4.90 Å². The minimum atomic E-state index is -0.891. The van der Waals surface area contributed by atoms with Crippen LogP contribution in [0, 0.1) is 0 Å². The molecule has 1 unspecified atom stereocenters. The zero-order valence-electron chi connectivity index (χ0n) is 21.4. The summed E-state index contributed by atoms with van der Waals surface area (Å²) in [5.41, 5.74) is 3.38. The monoisotopic (exact) mass is 524 g/mol. The Morgan fingerprint density at radius 2 is 0.925 bits per heavy atom. The van der Waals surface area contributed by atoms with Gasteiger partial charge in [-0.15, -0.1) is 0 Å². The number of imide groups is 2. The molecule has 0 radical (unpaired) electrons. The first-order chi connectivity index (χ1) is 19.5. The predicted molar refractivity (Wildman–Crippen MR) is 152 cm³/mol. The van der Waals surface area contributed by atoms with E-state index < -0.39 is 29.7 Å². The van der Waals surface area contributed by atoms with Crippen molar-refractivity contribution < 1.29 is 19.2 Å². The summed E-state index contributed by atoms with van der Waals surface area (Å²) in [6.45, 7) is -0.171. The average molecular weight is 525 g/mol. The predicted octanol–water partition coefficient (Wildman–Crippen LogP) is 5.16. The molecule has 6 nitrogen and oxygen atoms in total. The van der Waals surface area contributed by atoms with Crippen molar-refractivity contribution in [1.82, 2.24) is 9.80 Å². The highest BCUT2D eigenvalue weighted by atomic mass is 16.2. The number of rotatable bonds is 7. The maximum absolute atomic E-state index is 14.2. The van der Waals surface area contributed by atoms with Gasteiger partial charge in [-0.25, -0.2) is 0 Å². The van der Waals surface area contributed by atoms with E-state index in [9.17, 15) is 19.2 Å². The van der Waals surface area contributed by atoms with Gasteiger partial charge in [0.2, 0.25) is 0 Å². The van der Waals surface area contributed by atoms with Crippen LogP contribution in [0.3, 0.4) is 0 Å². The van der Waals surface area contributed by atoms with Crippen molar-refractivity contribution >= 4 is 40.3 Å². The van der Waals surface area contributed by atoms with Gasteiger partial charge in [-0.3, -0.25) is 29.0 Å². The van der Waals surface area contributed by atoms with Crippen LogP contribution in [0.25, 0.3) is 16.7 Å². The maximum Gasteiger partial charge on any atom is 0.262 e. The van der Waals surface area contributed by atoms with Crippen LogP contribution in [0.2, 0.25) is 0 Å².